The van der Waals surface area contributed by atoms with Gasteiger partial charge in [0, 0.05) is 6.54 Å². The normalized spacial score (nSPS) is 18.4. The fraction of sp³-hybridized carbons (Fsp3) is 0.609. The summed E-state index contributed by atoms with van der Waals surface area (Å²) in [6, 6.07) is 8.04. The van der Waals surface area contributed by atoms with Gasteiger partial charge in [0.1, 0.15) is 24.3 Å². The first-order valence-electron chi connectivity index (χ1n) is 10.6. The standard InChI is InChI=1S/C23H34N2O5/c1-6-16(2)19(24-22(28)30-23(3,4)5)20(26)25-14-10-13-18(25)21(27)29-15-17-11-8-7-9-12-17/h7-9,11-12,16,18-19H,6,10,13-15H2,1-5H3,(H,24,28)/t16-,18+,19-/m0/s1. The Morgan fingerprint density at radius 1 is 1.20 bits per heavy atom. The number of esters is 1. The summed E-state index contributed by atoms with van der Waals surface area (Å²) in [5.41, 5.74) is 0.232. The third kappa shape index (κ3) is 6.75. The first-order valence-corrected chi connectivity index (χ1v) is 10.6. The van der Waals surface area contributed by atoms with Crippen molar-refractivity contribution >= 4 is 18.0 Å². The summed E-state index contributed by atoms with van der Waals surface area (Å²) in [4.78, 5) is 39.8. The second-order valence-electron chi connectivity index (χ2n) is 8.79. The highest BCUT2D eigenvalue weighted by Gasteiger charge is 2.40. The molecule has 1 N–H and O–H groups in total. The quantitative estimate of drug-likeness (QED) is 0.683. The van der Waals surface area contributed by atoms with E-state index in [9.17, 15) is 14.4 Å². The number of ether oxygens (including phenoxy) is 2. The number of rotatable bonds is 7. The Hall–Kier alpha value is -2.57. The van der Waals surface area contributed by atoms with Gasteiger partial charge in [0.25, 0.3) is 0 Å². The molecule has 0 bridgehead atoms. The molecule has 1 aromatic rings. The molecule has 0 saturated carbocycles. The van der Waals surface area contributed by atoms with Gasteiger partial charge in [-0.1, -0.05) is 50.6 Å². The van der Waals surface area contributed by atoms with E-state index in [-0.39, 0.29) is 18.4 Å². The van der Waals surface area contributed by atoms with Gasteiger partial charge in [0.15, 0.2) is 0 Å². The summed E-state index contributed by atoms with van der Waals surface area (Å²) >= 11 is 0. The Morgan fingerprint density at radius 2 is 1.87 bits per heavy atom. The molecule has 1 aliphatic rings. The Labute approximate surface area is 179 Å². The van der Waals surface area contributed by atoms with Crippen molar-refractivity contribution in [1.29, 1.82) is 0 Å². The Morgan fingerprint density at radius 3 is 2.47 bits per heavy atom. The molecule has 166 valence electrons. The summed E-state index contributed by atoms with van der Waals surface area (Å²) in [5, 5.41) is 2.71. The minimum atomic E-state index is -0.757. The maximum absolute atomic E-state index is 13.3. The van der Waals surface area contributed by atoms with Crippen molar-refractivity contribution in [2.75, 3.05) is 6.54 Å². The van der Waals surface area contributed by atoms with Gasteiger partial charge in [-0.3, -0.25) is 4.79 Å². The van der Waals surface area contributed by atoms with Crippen LogP contribution in [0.1, 0.15) is 59.4 Å². The molecule has 30 heavy (non-hydrogen) atoms. The molecule has 3 atom stereocenters. The number of amides is 2. The van der Waals surface area contributed by atoms with Crippen molar-refractivity contribution in [2.24, 2.45) is 5.92 Å². The van der Waals surface area contributed by atoms with E-state index in [1.807, 2.05) is 44.2 Å². The number of hydrogen-bond donors (Lipinski definition) is 1. The smallest absolute Gasteiger partial charge is 0.408 e. The van der Waals surface area contributed by atoms with Gasteiger partial charge in [-0.25, -0.2) is 9.59 Å². The lowest BCUT2D eigenvalue weighted by atomic mass is 9.97. The third-order valence-electron chi connectivity index (χ3n) is 5.18. The van der Waals surface area contributed by atoms with Gasteiger partial charge < -0.3 is 19.7 Å². The van der Waals surface area contributed by atoms with Crippen LogP contribution in [0.2, 0.25) is 0 Å². The lowest BCUT2D eigenvalue weighted by molar-refractivity contribution is -0.155. The van der Waals surface area contributed by atoms with E-state index in [1.54, 1.807) is 25.7 Å². The van der Waals surface area contributed by atoms with Crippen molar-refractivity contribution in [2.45, 2.75) is 78.2 Å². The predicted molar refractivity (Wildman–Crippen MR) is 114 cm³/mol. The van der Waals surface area contributed by atoms with Crippen LogP contribution in [-0.4, -0.2) is 47.1 Å². The lowest BCUT2D eigenvalue weighted by Crippen LogP contribution is -2.55. The monoisotopic (exact) mass is 418 g/mol. The van der Waals surface area contributed by atoms with Crippen LogP contribution in [0.15, 0.2) is 30.3 Å². The van der Waals surface area contributed by atoms with E-state index in [1.165, 1.54) is 0 Å². The second kappa shape index (κ2) is 10.5. The molecule has 0 radical (unpaired) electrons. The molecule has 0 unspecified atom stereocenters. The number of nitrogens with one attached hydrogen (secondary N) is 1. The molecule has 1 saturated heterocycles. The number of hydrogen-bond acceptors (Lipinski definition) is 5. The molecule has 7 heteroatoms. The minimum Gasteiger partial charge on any atom is -0.459 e. The van der Waals surface area contributed by atoms with Crippen LogP contribution >= 0.6 is 0 Å². The molecule has 1 heterocycles. The molecule has 0 aliphatic carbocycles. The molecule has 1 aliphatic heterocycles. The van der Waals surface area contributed by atoms with Crippen LogP contribution in [0.5, 0.6) is 0 Å². The summed E-state index contributed by atoms with van der Waals surface area (Å²) in [6.07, 6.45) is 1.34. The third-order valence-corrected chi connectivity index (χ3v) is 5.18. The Balaban J connectivity index is 2.05. The molecular weight excluding hydrogens is 384 g/mol. The van der Waals surface area contributed by atoms with Crippen LogP contribution in [0.3, 0.4) is 0 Å². The van der Waals surface area contributed by atoms with E-state index in [2.05, 4.69) is 5.32 Å². The molecule has 1 aromatic carbocycles. The van der Waals surface area contributed by atoms with E-state index >= 15 is 0 Å². The van der Waals surface area contributed by atoms with Gasteiger partial charge in [-0.15, -0.1) is 0 Å². The highest BCUT2D eigenvalue weighted by Crippen LogP contribution is 2.23. The first kappa shape index (κ1) is 23.7. The van der Waals surface area contributed by atoms with Crippen molar-refractivity contribution in [3.8, 4) is 0 Å². The Bertz CT molecular complexity index is 729. The zero-order valence-electron chi connectivity index (χ0n) is 18.6. The molecular formula is C23H34N2O5. The largest absolute Gasteiger partial charge is 0.459 e. The summed E-state index contributed by atoms with van der Waals surface area (Å²) in [6.45, 7) is 9.80. The van der Waals surface area contributed by atoms with Crippen LogP contribution in [0, 0.1) is 5.92 Å². The van der Waals surface area contributed by atoms with Crippen molar-refractivity contribution < 1.29 is 23.9 Å². The van der Waals surface area contributed by atoms with Gasteiger partial charge in [-0.2, -0.15) is 0 Å². The Kier molecular flexibility index (Phi) is 8.26. The molecule has 0 spiro atoms. The fourth-order valence-electron chi connectivity index (χ4n) is 3.40. The number of nitrogens with zero attached hydrogens (tertiary/aromatic N) is 1. The predicted octanol–water partition coefficient (Wildman–Crippen LogP) is 3.66. The van der Waals surface area contributed by atoms with Crippen molar-refractivity contribution in [3.05, 3.63) is 35.9 Å². The topological polar surface area (TPSA) is 84.9 Å². The first-order chi connectivity index (χ1) is 14.1. The molecule has 1 fully saturated rings. The molecule has 7 nitrogen and oxygen atoms in total. The van der Waals surface area contributed by atoms with Crippen molar-refractivity contribution in [3.63, 3.8) is 0 Å². The molecule has 0 aromatic heterocycles. The summed E-state index contributed by atoms with van der Waals surface area (Å²) < 4.78 is 10.8. The van der Waals surface area contributed by atoms with Crippen LogP contribution in [-0.2, 0) is 25.7 Å². The lowest BCUT2D eigenvalue weighted by Gasteiger charge is -2.31. The summed E-state index contributed by atoms with van der Waals surface area (Å²) in [7, 11) is 0. The maximum atomic E-state index is 13.3. The highest BCUT2D eigenvalue weighted by atomic mass is 16.6. The highest BCUT2D eigenvalue weighted by molar-refractivity contribution is 5.90. The number of carbonyl (C=O) groups excluding carboxylic acids is 3. The van der Waals surface area contributed by atoms with Gasteiger partial charge in [0.05, 0.1) is 0 Å². The van der Waals surface area contributed by atoms with Gasteiger partial charge in [-0.05, 0) is 45.1 Å². The fourth-order valence-corrected chi connectivity index (χ4v) is 3.40. The van der Waals surface area contributed by atoms with E-state index < -0.39 is 29.7 Å². The number of carbonyl (C=O) groups is 3. The SMILES string of the molecule is CC[C@H](C)[C@H](NC(=O)OC(C)(C)C)C(=O)N1CCC[C@@H]1C(=O)OCc1ccccc1. The minimum absolute atomic E-state index is 0.105. The van der Waals surface area contributed by atoms with Crippen LogP contribution < -0.4 is 5.32 Å². The van der Waals surface area contributed by atoms with Crippen molar-refractivity contribution in [1.82, 2.24) is 10.2 Å². The van der Waals surface area contributed by atoms with Crippen LogP contribution in [0.25, 0.3) is 0 Å². The molecule has 2 amide bonds. The van der Waals surface area contributed by atoms with Gasteiger partial charge in [0.2, 0.25) is 5.91 Å². The number of likely N-dealkylation sites (tertiary alicyclic amines) is 1. The summed E-state index contributed by atoms with van der Waals surface area (Å²) in [5.74, 6) is -0.786. The average Bonchev–Trinajstić information content (AvgIpc) is 3.18. The molecule has 2 rings (SSSR count). The van der Waals surface area contributed by atoms with E-state index in [0.29, 0.717) is 19.4 Å². The van der Waals surface area contributed by atoms with Crippen LogP contribution in [0.4, 0.5) is 4.79 Å². The zero-order valence-corrected chi connectivity index (χ0v) is 18.6. The maximum Gasteiger partial charge on any atom is 0.408 e. The number of alkyl carbamates (subject to hydrolysis) is 1. The van der Waals surface area contributed by atoms with Gasteiger partial charge >= 0.3 is 12.1 Å². The van der Waals surface area contributed by atoms with E-state index in [4.69, 9.17) is 9.47 Å². The van der Waals surface area contributed by atoms with E-state index in [0.717, 1.165) is 12.0 Å². The zero-order chi connectivity index (χ0) is 22.3. The number of benzene rings is 1. The second-order valence-corrected chi connectivity index (χ2v) is 8.79. The average molecular weight is 419 g/mol.